The van der Waals surface area contributed by atoms with Crippen molar-refractivity contribution in [1.29, 1.82) is 0 Å². The Morgan fingerprint density at radius 3 is 2.54 bits per heavy atom. The first-order valence-electron chi connectivity index (χ1n) is 5.09. The zero-order chi connectivity index (χ0) is 10.1. The Labute approximate surface area is 80.3 Å². The smallest absolute Gasteiger partial charge is 0.125 e. The summed E-state index contributed by atoms with van der Waals surface area (Å²) in [6, 6.07) is 0. The molecule has 0 aromatic carbocycles. The molecule has 2 heteroatoms. The van der Waals surface area contributed by atoms with Crippen LogP contribution in [0.3, 0.4) is 0 Å². The van der Waals surface area contributed by atoms with Gasteiger partial charge in [-0.3, -0.25) is 0 Å². The summed E-state index contributed by atoms with van der Waals surface area (Å²) in [7, 11) is 0. The predicted octanol–water partition coefficient (Wildman–Crippen LogP) is 2.15. The molecule has 0 saturated heterocycles. The molecular weight excluding hydrogens is 164 g/mol. The van der Waals surface area contributed by atoms with Gasteiger partial charge in [-0.2, -0.15) is 0 Å². The van der Waals surface area contributed by atoms with Crippen LogP contribution in [0.5, 0.6) is 0 Å². The average molecular weight is 184 g/mol. The molecule has 1 aliphatic carbocycles. The molecule has 1 rings (SSSR count). The van der Waals surface area contributed by atoms with Gasteiger partial charge in [-0.1, -0.05) is 26.7 Å². The lowest BCUT2D eigenvalue weighted by molar-refractivity contribution is -0.129. The van der Waals surface area contributed by atoms with Crippen molar-refractivity contribution in [2.45, 2.75) is 52.1 Å². The lowest BCUT2D eigenvalue weighted by atomic mass is 9.64. The Bertz CT molecular complexity index is 194. The first kappa shape index (κ1) is 10.7. The molecule has 0 bridgehead atoms. The van der Waals surface area contributed by atoms with Crippen LogP contribution in [0.25, 0.3) is 0 Å². The molecule has 0 amide bonds. The van der Waals surface area contributed by atoms with Gasteiger partial charge in [0.25, 0.3) is 0 Å². The van der Waals surface area contributed by atoms with Crippen LogP contribution in [0, 0.1) is 11.3 Å². The van der Waals surface area contributed by atoms with Crippen molar-refractivity contribution in [3.63, 3.8) is 0 Å². The summed E-state index contributed by atoms with van der Waals surface area (Å²) in [5.41, 5.74) is -1.04. The summed E-state index contributed by atoms with van der Waals surface area (Å²) in [5.74, 6) is 0.117. The highest BCUT2D eigenvalue weighted by Crippen LogP contribution is 2.43. The lowest BCUT2D eigenvalue weighted by Gasteiger charge is -2.43. The van der Waals surface area contributed by atoms with E-state index in [9.17, 15) is 9.90 Å². The maximum atomic E-state index is 10.9. The molecule has 1 aliphatic rings. The number of aliphatic hydroxyl groups is 1. The minimum absolute atomic E-state index is 0.117. The molecule has 0 spiro atoms. The van der Waals surface area contributed by atoms with E-state index in [1.165, 1.54) is 0 Å². The maximum absolute atomic E-state index is 10.9. The zero-order valence-electron chi connectivity index (χ0n) is 8.84. The van der Waals surface area contributed by atoms with Crippen LogP contribution in [0.4, 0.5) is 0 Å². The molecule has 0 aromatic rings. The largest absolute Gasteiger partial charge is 0.390 e. The van der Waals surface area contributed by atoms with Gasteiger partial charge in [0.1, 0.15) is 6.29 Å². The Kier molecular flexibility index (Phi) is 2.81. The fourth-order valence-corrected chi connectivity index (χ4v) is 2.57. The highest BCUT2D eigenvalue weighted by Gasteiger charge is 2.43. The van der Waals surface area contributed by atoms with E-state index in [-0.39, 0.29) is 11.3 Å². The number of aldehydes is 1. The van der Waals surface area contributed by atoms with Crippen molar-refractivity contribution in [2.75, 3.05) is 0 Å². The molecule has 0 aliphatic heterocycles. The third-order valence-electron chi connectivity index (χ3n) is 3.38. The molecule has 13 heavy (non-hydrogen) atoms. The normalized spacial score (nSPS) is 35.8. The summed E-state index contributed by atoms with van der Waals surface area (Å²) in [4.78, 5) is 10.9. The van der Waals surface area contributed by atoms with Gasteiger partial charge in [0.2, 0.25) is 0 Å². The van der Waals surface area contributed by atoms with Crippen LogP contribution < -0.4 is 0 Å². The van der Waals surface area contributed by atoms with Gasteiger partial charge in [-0.05, 0) is 25.7 Å². The van der Waals surface area contributed by atoms with Crippen LogP contribution in [0.2, 0.25) is 0 Å². The van der Waals surface area contributed by atoms with Gasteiger partial charge in [-0.25, -0.2) is 0 Å². The Hall–Kier alpha value is -0.370. The third-order valence-corrected chi connectivity index (χ3v) is 3.38. The van der Waals surface area contributed by atoms with Crippen LogP contribution in [-0.4, -0.2) is 17.0 Å². The lowest BCUT2D eigenvalue weighted by Crippen LogP contribution is -2.46. The molecule has 2 nitrogen and oxygen atoms in total. The Morgan fingerprint density at radius 2 is 2.08 bits per heavy atom. The van der Waals surface area contributed by atoms with Gasteiger partial charge >= 0.3 is 0 Å². The van der Waals surface area contributed by atoms with E-state index in [1.807, 2.05) is 20.8 Å². The fraction of sp³-hybridized carbons (Fsp3) is 0.909. The number of carbonyl (C=O) groups excluding carboxylic acids is 1. The van der Waals surface area contributed by atoms with Crippen LogP contribution in [-0.2, 0) is 4.79 Å². The fourth-order valence-electron chi connectivity index (χ4n) is 2.57. The van der Waals surface area contributed by atoms with Gasteiger partial charge in [0, 0.05) is 5.41 Å². The molecule has 76 valence electrons. The van der Waals surface area contributed by atoms with Crippen molar-refractivity contribution < 1.29 is 9.90 Å². The predicted molar refractivity (Wildman–Crippen MR) is 52.4 cm³/mol. The monoisotopic (exact) mass is 184 g/mol. The molecular formula is C11H20O2. The van der Waals surface area contributed by atoms with Gasteiger partial charge < -0.3 is 9.90 Å². The highest BCUT2D eigenvalue weighted by molar-refractivity contribution is 5.59. The summed E-state index contributed by atoms with van der Waals surface area (Å²) >= 11 is 0. The third kappa shape index (κ3) is 2.11. The van der Waals surface area contributed by atoms with Gasteiger partial charge in [0.15, 0.2) is 0 Å². The number of carbonyl (C=O) groups is 1. The van der Waals surface area contributed by atoms with E-state index >= 15 is 0 Å². The second-order valence-electron chi connectivity index (χ2n) is 5.09. The van der Waals surface area contributed by atoms with E-state index in [0.29, 0.717) is 0 Å². The first-order chi connectivity index (χ1) is 5.90. The van der Waals surface area contributed by atoms with Crippen LogP contribution in [0.15, 0.2) is 0 Å². The van der Waals surface area contributed by atoms with E-state index < -0.39 is 5.60 Å². The van der Waals surface area contributed by atoms with E-state index in [0.717, 1.165) is 32.0 Å². The Morgan fingerprint density at radius 1 is 1.46 bits per heavy atom. The molecule has 0 radical (unpaired) electrons. The molecule has 1 N–H and O–H groups in total. The molecule has 0 aromatic heterocycles. The van der Waals surface area contributed by atoms with Gasteiger partial charge in [0.05, 0.1) is 5.60 Å². The topological polar surface area (TPSA) is 37.3 Å². The summed E-state index contributed by atoms with van der Waals surface area (Å²) in [6.45, 7) is 5.71. The van der Waals surface area contributed by atoms with Crippen molar-refractivity contribution in [1.82, 2.24) is 0 Å². The van der Waals surface area contributed by atoms with Crippen molar-refractivity contribution in [2.24, 2.45) is 11.3 Å². The molecule has 2 unspecified atom stereocenters. The Balaban J connectivity index is 2.82. The molecule has 0 heterocycles. The van der Waals surface area contributed by atoms with Crippen molar-refractivity contribution in [3.05, 3.63) is 0 Å². The van der Waals surface area contributed by atoms with Crippen molar-refractivity contribution >= 4 is 6.29 Å². The summed E-state index contributed by atoms with van der Waals surface area (Å²) in [5, 5.41) is 10.1. The summed E-state index contributed by atoms with van der Waals surface area (Å²) < 4.78 is 0. The minimum atomic E-state index is -0.650. The first-order valence-corrected chi connectivity index (χ1v) is 5.09. The molecule has 1 saturated carbocycles. The molecule has 2 atom stereocenters. The second-order valence-corrected chi connectivity index (χ2v) is 5.09. The minimum Gasteiger partial charge on any atom is -0.390 e. The second kappa shape index (κ2) is 3.41. The zero-order valence-corrected chi connectivity index (χ0v) is 8.84. The standard InChI is InChI=1S/C11H20O2/c1-10(2,8-12)9-6-4-5-7-11(9,3)13/h8-9,13H,4-7H2,1-3H3. The molecule has 1 fully saturated rings. The van der Waals surface area contributed by atoms with Crippen molar-refractivity contribution in [3.8, 4) is 0 Å². The number of hydrogen-bond acceptors (Lipinski definition) is 2. The maximum Gasteiger partial charge on any atom is 0.125 e. The number of rotatable bonds is 2. The SMILES string of the molecule is CC(C)(C=O)C1CCCCC1(C)O. The van der Waals surface area contributed by atoms with Crippen LogP contribution >= 0.6 is 0 Å². The van der Waals surface area contributed by atoms with E-state index in [1.54, 1.807) is 0 Å². The van der Waals surface area contributed by atoms with Crippen LogP contribution in [0.1, 0.15) is 46.5 Å². The summed E-state index contributed by atoms with van der Waals surface area (Å²) in [6.07, 6.45) is 5.00. The van der Waals surface area contributed by atoms with Gasteiger partial charge in [-0.15, -0.1) is 0 Å². The average Bonchev–Trinajstić information content (AvgIpc) is 2.03. The van der Waals surface area contributed by atoms with E-state index in [2.05, 4.69) is 0 Å². The highest BCUT2D eigenvalue weighted by atomic mass is 16.3. The van der Waals surface area contributed by atoms with E-state index in [4.69, 9.17) is 0 Å². The quantitative estimate of drug-likeness (QED) is 0.668. The number of hydrogen-bond donors (Lipinski definition) is 1.